The molecule has 0 saturated carbocycles. The predicted octanol–water partition coefficient (Wildman–Crippen LogP) is 2.90. The highest BCUT2D eigenvalue weighted by Gasteiger charge is 2.50. The van der Waals surface area contributed by atoms with Crippen molar-refractivity contribution in [1.82, 2.24) is 9.88 Å². The average Bonchev–Trinajstić information content (AvgIpc) is 2.80. The molecule has 1 aromatic heterocycles. The van der Waals surface area contributed by atoms with E-state index in [0.717, 1.165) is 49.6 Å². The number of fused-ring (bicyclic) bond motifs is 2. The van der Waals surface area contributed by atoms with Gasteiger partial charge < -0.3 is 4.90 Å². The van der Waals surface area contributed by atoms with Gasteiger partial charge >= 0.3 is 0 Å². The van der Waals surface area contributed by atoms with Gasteiger partial charge in [-0.1, -0.05) is 24.3 Å². The van der Waals surface area contributed by atoms with Crippen molar-refractivity contribution in [1.29, 1.82) is 0 Å². The first-order valence-electron chi connectivity index (χ1n) is 8.63. The Morgan fingerprint density at radius 1 is 1.08 bits per heavy atom. The zero-order chi connectivity index (χ0) is 16.7. The first-order chi connectivity index (χ1) is 11.6. The van der Waals surface area contributed by atoms with Crippen molar-refractivity contribution in [3.05, 3.63) is 59.4 Å². The second-order valence-corrected chi connectivity index (χ2v) is 7.01. The Labute approximate surface area is 143 Å². The number of piperidine rings is 1. The van der Waals surface area contributed by atoms with E-state index in [1.54, 1.807) is 0 Å². The molecule has 3 heterocycles. The fourth-order valence-corrected chi connectivity index (χ4v) is 4.21. The van der Waals surface area contributed by atoms with Crippen LogP contribution in [0.5, 0.6) is 0 Å². The predicted molar refractivity (Wildman–Crippen MR) is 95.0 cm³/mol. The van der Waals surface area contributed by atoms with Crippen molar-refractivity contribution < 1.29 is 4.79 Å². The minimum absolute atomic E-state index is 0.261. The zero-order valence-electron chi connectivity index (χ0n) is 14.3. The molecule has 1 spiro atoms. The molecule has 124 valence electrons. The van der Waals surface area contributed by atoms with Crippen molar-refractivity contribution in [2.45, 2.75) is 31.7 Å². The molecule has 4 heteroatoms. The third-order valence-electron chi connectivity index (χ3n) is 5.54. The van der Waals surface area contributed by atoms with E-state index in [1.165, 1.54) is 5.56 Å². The Kier molecular flexibility index (Phi) is 3.65. The first-order valence-corrected chi connectivity index (χ1v) is 8.63. The van der Waals surface area contributed by atoms with Crippen LogP contribution in [-0.2, 0) is 16.8 Å². The van der Waals surface area contributed by atoms with Gasteiger partial charge in [-0.3, -0.25) is 14.7 Å². The Morgan fingerprint density at radius 3 is 2.58 bits per heavy atom. The SMILES string of the molecule is Cc1cccc(CN2CCC3(CC2)C(=O)N(C)c2ccccc23)n1. The molecule has 2 aromatic rings. The van der Waals surface area contributed by atoms with Gasteiger partial charge in [-0.15, -0.1) is 0 Å². The number of carbonyl (C=O) groups is 1. The van der Waals surface area contributed by atoms with Crippen molar-refractivity contribution in [3.63, 3.8) is 0 Å². The van der Waals surface area contributed by atoms with Gasteiger partial charge in [0, 0.05) is 25.0 Å². The number of likely N-dealkylation sites (tertiary alicyclic amines) is 1. The fourth-order valence-electron chi connectivity index (χ4n) is 4.21. The molecule has 24 heavy (non-hydrogen) atoms. The van der Waals surface area contributed by atoms with Crippen LogP contribution in [0.2, 0.25) is 0 Å². The maximum atomic E-state index is 12.9. The quantitative estimate of drug-likeness (QED) is 0.853. The summed E-state index contributed by atoms with van der Waals surface area (Å²) in [4.78, 5) is 21.8. The van der Waals surface area contributed by atoms with E-state index in [1.807, 2.05) is 31.0 Å². The molecule has 0 unspecified atom stereocenters. The highest BCUT2D eigenvalue weighted by Crippen LogP contribution is 2.47. The Hall–Kier alpha value is -2.20. The first kappa shape index (κ1) is 15.3. The van der Waals surface area contributed by atoms with E-state index in [9.17, 15) is 4.79 Å². The van der Waals surface area contributed by atoms with E-state index in [4.69, 9.17) is 0 Å². The largest absolute Gasteiger partial charge is 0.314 e. The minimum atomic E-state index is -0.318. The van der Waals surface area contributed by atoms with Crippen LogP contribution >= 0.6 is 0 Å². The zero-order valence-corrected chi connectivity index (χ0v) is 14.3. The topological polar surface area (TPSA) is 36.4 Å². The van der Waals surface area contributed by atoms with E-state index < -0.39 is 0 Å². The molecule has 0 atom stereocenters. The van der Waals surface area contributed by atoms with E-state index >= 15 is 0 Å². The average molecular weight is 321 g/mol. The molecule has 0 aliphatic carbocycles. The summed E-state index contributed by atoms with van der Waals surface area (Å²) in [6.45, 7) is 4.76. The van der Waals surface area contributed by atoms with E-state index in [2.05, 4.69) is 40.2 Å². The summed E-state index contributed by atoms with van der Waals surface area (Å²) >= 11 is 0. The van der Waals surface area contributed by atoms with Crippen LogP contribution in [-0.4, -0.2) is 35.9 Å². The van der Waals surface area contributed by atoms with Crippen LogP contribution in [0.4, 0.5) is 5.69 Å². The molecule has 0 N–H and O–H groups in total. The van der Waals surface area contributed by atoms with Crippen LogP contribution in [0.15, 0.2) is 42.5 Å². The maximum Gasteiger partial charge on any atom is 0.237 e. The lowest BCUT2D eigenvalue weighted by molar-refractivity contribution is -0.124. The number of carbonyl (C=O) groups excluding carboxylic acids is 1. The van der Waals surface area contributed by atoms with E-state index in [-0.39, 0.29) is 11.3 Å². The third-order valence-corrected chi connectivity index (χ3v) is 5.54. The molecule has 4 nitrogen and oxygen atoms in total. The minimum Gasteiger partial charge on any atom is -0.314 e. The van der Waals surface area contributed by atoms with Gasteiger partial charge in [0.25, 0.3) is 0 Å². The number of rotatable bonds is 2. The van der Waals surface area contributed by atoms with Crippen molar-refractivity contribution in [2.24, 2.45) is 0 Å². The van der Waals surface area contributed by atoms with Crippen molar-refractivity contribution in [2.75, 3.05) is 25.0 Å². The lowest BCUT2D eigenvalue weighted by Gasteiger charge is -2.38. The van der Waals surface area contributed by atoms with Crippen LogP contribution in [0.25, 0.3) is 0 Å². The number of aryl methyl sites for hydroxylation is 1. The number of anilines is 1. The van der Waals surface area contributed by atoms with E-state index in [0.29, 0.717) is 0 Å². The van der Waals surface area contributed by atoms with Gasteiger partial charge in [-0.2, -0.15) is 0 Å². The summed E-state index contributed by atoms with van der Waals surface area (Å²) in [6.07, 6.45) is 1.78. The van der Waals surface area contributed by atoms with Gasteiger partial charge in [0.15, 0.2) is 0 Å². The third kappa shape index (κ3) is 2.33. The number of likely N-dealkylation sites (N-methyl/N-ethyl adjacent to an activating group) is 1. The standard InChI is InChI=1S/C20H23N3O/c1-15-6-5-7-16(21-15)14-23-12-10-20(11-13-23)17-8-3-4-9-18(17)22(2)19(20)24/h3-9H,10-14H2,1-2H3. The molecule has 4 rings (SSSR count). The molecule has 1 fully saturated rings. The second-order valence-electron chi connectivity index (χ2n) is 7.01. The van der Waals surface area contributed by atoms with Crippen molar-refractivity contribution in [3.8, 4) is 0 Å². The van der Waals surface area contributed by atoms with Gasteiger partial charge in [0.2, 0.25) is 5.91 Å². The molecular weight excluding hydrogens is 298 g/mol. The monoisotopic (exact) mass is 321 g/mol. The summed E-state index contributed by atoms with van der Waals surface area (Å²) in [5, 5.41) is 0. The number of pyridine rings is 1. The smallest absolute Gasteiger partial charge is 0.237 e. The Bertz CT molecular complexity index is 778. The molecule has 1 aromatic carbocycles. The lowest BCUT2D eigenvalue weighted by Crippen LogP contribution is -2.47. The summed E-state index contributed by atoms with van der Waals surface area (Å²) < 4.78 is 0. The lowest BCUT2D eigenvalue weighted by atomic mass is 9.73. The summed E-state index contributed by atoms with van der Waals surface area (Å²) in [6, 6.07) is 14.4. The van der Waals surface area contributed by atoms with Crippen LogP contribution in [0, 0.1) is 6.92 Å². The molecule has 1 saturated heterocycles. The normalized spacial score (nSPS) is 19.8. The van der Waals surface area contributed by atoms with Crippen molar-refractivity contribution >= 4 is 11.6 Å². The fraction of sp³-hybridized carbons (Fsp3) is 0.400. The second kappa shape index (κ2) is 5.71. The molecule has 1 amide bonds. The molecule has 0 radical (unpaired) electrons. The number of hydrogen-bond acceptors (Lipinski definition) is 3. The van der Waals surface area contributed by atoms with Crippen LogP contribution < -0.4 is 4.90 Å². The molecular formula is C20H23N3O. The highest BCUT2D eigenvalue weighted by molar-refractivity contribution is 6.07. The number of hydrogen-bond donors (Lipinski definition) is 0. The molecule has 2 aliphatic rings. The maximum absolute atomic E-state index is 12.9. The Balaban J connectivity index is 1.53. The van der Waals surface area contributed by atoms with Gasteiger partial charge in [-0.05, 0) is 56.6 Å². The number of amides is 1. The van der Waals surface area contributed by atoms with Gasteiger partial charge in [-0.25, -0.2) is 0 Å². The van der Waals surface area contributed by atoms with Gasteiger partial charge in [0.05, 0.1) is 11.1 Å². The molecule has 2 aliphatic heterocycles. The summed E-state index contributed by atoms with van der Waals surface area (Å²) in [5.74, 6) is 0.261. The highest BCUT2D eigenvalue weighted by atomic mass is 16.2. The van der Waals surface area contributed by atoms with Crippen LogP contribution in [0.3, 0.4) is 0 Å². The Morgan fingerprint density at radius 2 is 1.83 bits per heavy atom. The van der Waals surface area contributed by atoms with Crippen LogP contribution in [0.1, 0.15) is 29.8 Å². The number of nitrogens with zero attached hydrogens (tertiary/aromatic N) is 3. The number of benzene rings is 1. The van der Waals surface area contributed by atoms with Gasteiger partial charge in [0.1, 0.15) is 0 Å². The number of aromatic nitrogens is 1. The summed E-state index contributed by atoms with van der Waals surface area (Å²) in [7, 11) is 1.90. The number of para-hydroxylation sites is 1. The molecule has 0 bridgehead atoms. The summed E-state index contributed by atoms with van der Waals surface area (Å²) in [5.41, 5.74) is 4.15.